The van der Waals surface area contributed by atoms with Gasteiger partial charge in [-0.05, 0) is 35.9 Å². The Bertz CT molecular complexity index is 1030. The van der Waals surface area contributed by atoms with Gasteiger partial charge in [0.25, 0.3) is 0 Å². The van der Waals surface area contributed by atoms with Gasteiger partial charge >= 0.3 is 6.09 Å². The summed E-state index contributed by atoms with van der Waals surface area (Å²) in [4.78, 5) is 29.9. The molecule has 0 bridgehead atoms. The molecule has 1 atom stereocenters. The Kier molecular flexibility index (Phi) is 4.91. The van der Waals surface area contributed by atoms with Crippen molar-refractivity contribution in [3.63, 3.8) is 0 Å². The van der Waals surface area contributed by atoms with Crippen molar-refractivity contribution < 1.29 is 23.1 Å². The van der Waals surface area contributed by atoms with Gasteiger partial charge in [0.1, 0.15) is 24.2 Å². The van der Waals surface area contributed by atoms with Crippen LogP contribution >= 0.6 is 0 Å². The monoisotopic (exact) mass is 409 g/mol. The summed E-state index contributed by atoms with van der Waals surface area (Å²) in [5.41, 5.74) is 5.35. The highest BCUT2D eigenvalue weighted by molar-refractivity contribution is 5.83. The van der Waals surface area contributed by atoms with Gasteiger partial charge in [-0.15, -0.1) is 0 Å². The van der Waals surface area contributed by atoms with E-state index in [0.29, 0.717) is 16.7 Å². The van der Waals surface area contributed by atoms with E-state index < -0.39 is 41.8 Å². The number of halogens is 2. The molecular weight excluding hydrogens is 392 g/mol. The molecule has 8 heteroatoms. The van der Waals surface area contributed by atoms with Crippen molar-refractivity contribution in [3.05, 3.63) is 101 Å². The first-order valence-corrected chi connectivity index (χ1v) is 9.12. The maximum Gasteiger partial charge on any atom is 0.412 e. The maximum absolute atomic E-state index is 13.7. The summed E-state index contributed by atoms with van der Waals surface area (Å²) in [5.74, 6) is -1.66. The summed E-state index contributed by atoms with van der Waals surface area (Å²) in [5, 5.41) is 0. The molecule has 0 spiro atoms. The minimum absolute atomic E-state index is 0.400. The second-order valence-electron chi connectivity index (χ2n) is 6.90. The molecule has 30 heavy (non-hydrogen) atoms. The quantitative estimate of drug-likeness (QED) is 0.701. The SMILES string of the molecule is NC(=O)CN1C(=O)OC(c2ccc(F)cc2)(c2ccc(F)cc2)C1c1cccnc1. The molecule has 0 aliphatic carbocycles. The molecule has 2 aromatic carbocycles. The fourth-order valence-corrected chi connectivity index (χ4v) is 3.85. The topological polar surface area (TPSA) is 85.5 Å². The van der Waals surface area contributed by atoms with Crippen molar-refractivity contribution in [3.8, 4) is 0 Å². The predicted octanol–water partition coefficient (Wildman–Crippen LogP) is 3.28. The summed E-state index contributed by atoms with van der Waals surface area (Å²) >= 11 is 0. The molecule has 1 saturated heterocycles. The van der Waals surface area contributed by atoms with E-state index in [4.69, 9.17) is 10.5 Å². The van der Waals surface area contributed by atoms with Crippen LogP contribution in [0.1, 0.15) is 22.7 Å². The van der Waals surface area contributed by atoms with Gasteiger partial charge in [-0.1, -0.05) is 30.3 Å². The Balaban J connectivity index is 2.00. The van der Waals surface area contributed by atoms with Gasteiger partial charge in [0, 0.05) is 23.5 Å². The number of hydrogen-bond donors (Lipinski definition) is 1. The third-order valence-corrected chi connectivity index (χ3v) is 5.05. The van der Waals surface area contributed by atoms with Gasteiger partial charge in [0.15, 0.2) is 5.60 Å². The largest absolute Gasteiger partial charge is 0.430 e. The first-order chi connectivity index (χ1) is 14.4. The van der Waals surface area contributed by atoms with Gasteiger partial charge in [-0.3, -0.25) is 14.7 Å². The fraction of sp³-hybridized carbons (Fsp3) is 0.136. The van der Waals surface area contributed by atoms with Crippen LogP contribution in [-0.2, 0) is 15.1 Å². The van der Waals surface area contributed by atoms with Crippen molar-refractivity contribution >= 4 is 12.0 Å². The van der Waals surface area contributed by atoms with E-state index in [-0.39, 0.29) is 0 Å². The number of ether oxygens (including phenoxy) is 1. The van der Waals surface area contributed by atoms with Gasteiger partial charge in [0.2, 0.25) is 5.91 Å². The highest BCUT2D eigenvalue weighted by Crippen LogP contribution is 2.52. The molecule has 0 radical (unpaired) electrons. The number of carbonyl (C=O) groups excluding carboxylic acids is 2. The van der Waals surface area contributed by atoms with Crippen LogP contribution < -0.4 is 5.73 Å². The van der Waals surface area contributed by atoms with Crippen LogP contribution in [-0.4, -0.2) is 28.4 Å². The zero-order chi connectivity index (χ0) is 21.3. The van der Waals surface area contributed by atoms with Crippen LogP contribution in [0.25, 0.3) is 0 Å². The second-order valence-corrected chi connectivity index (χ2v) is 6.90. The first kappa shape index (κ1) is 19.5. The molecule has 1 aliphatic rings. The standard InChI is InChI=1S/C22H17F2N3O3/c23-17-7-3-15(4-8-17)22(16-5-9-18(24)10-6-16)20(14-2-1-11-26-12-14)27(13-19(25)28)21(29)30-22/h1-12,20H,13H2,(H2,25,28). The van der Waals surface area contributed by atoms with Gasteiger partial charge in [0.05, 0.1) is 0 Å². The molecule has 1 unspecified atom stereocenters. The molecule has 2 heterocycles. The summed E-state index contributed by atoms with van der Waals surface area (Å²) < 4.78 is 33.2. The third-order valence-electron chi connectivity index (χ3n) is 5.05. The first-order valence-electron chi connectivity index (χ1n) is 9.12. The smallest absolute Gasteiger partial charge is 0.412 e. The molecule has 6 nitrogen and oxygen atoms in total. The lowest BCUT2D eigenvalue weighted by Gasteiger charge is -2.35. The molecule has 152 valence electrons. The number of carbonyl (C=O) groups is 2. The number of rotatable bonds is 5. The van der Waals surface area contributed by atoms with E-state index in [0.717, 1.165) is 0 Å². The minimum atomic E-state index is -1.49. The molecule has 2 N–H and O–H groups in total. The van der Waals surface area contributed by atoms with Crippen LogP contribution in [0.5, 0.6) is 0 Å². The van der Waals surface area contributed by atoms with E-state index >= 15 is 0 Å². The third kappa shape index (κ3) is 3.26. The predicted molar refractivity (Wildman–Crippen MR) is 103 cm³/mol. The Morgan fingerprint density at radius 3 is 2.07 bits per heavy atom. The Morgan fingerprint density at radius 1 is 1.03 bits per heavy atom. The van der Waals surface area contributed by atoms with Crippen LogP contribution in [0.2, 0.25) is 0 Å². The number of pyridine rings is 1. The number of cyclic esters (lactones) is 1. The molecule has 1 aromatic heterocycles. The fourth-order valence-electron chi connectivity index (χ4n) is 3.85. The maximum atomic E-state index is 13.7. The zero-order valence-corrected chi connectivity index (χ0v) is 15.7. The molecule has 4 rings (SSSR count). The molecular formula is C22H17F2N3O3. The van der Waals surface area contributed by atoms with Gasteiger partial charge in [-0.25, -0.2) is 13.6 Å². The van der Waals surface area contributed by atoms with E-state index in [1.54, 1.807) is 24.5 Å². The number of hydrogen-bond acceptors (Lipinski definition) is 4. The van der Waals surface area contributed by atoms with E-state index in [2.05, 4.69) is 4.98 Å². The highest BCUT2D eigenvalue weighted by Gasteiger charge is 2.57. The summed E-state index contributed by atoms with van der Waals surface area (Å²) in [6, 6.07) is 13.5. The van der Waals surface area contributed by atoms with Crippen LogP contribution in [0.3, 0.4) is 0 Å². The van der Waals surface area contributed by atoms with Crippen LogP contribution in [0, 0.1) is 11.6 Å². The Labute approximate surface area is 170 Å². The van der Waals surface area contributed by atoms with Crippen LogP contribution in [0.15, 0.2) is 73.1 Å². The van der Waals surface area contributed by atoms with E-state index in [9.17, 15) is 18.4 Å². The highest BCUT2D eigenvalue weighted by atomic mass is 19.1. The summed E-state index contributed by atoms with van der Waals surface area (Å²) in [6.45, 7) is -0.400. The lowest BCUT2D eigenvalue weighted by molar-refractivity contribution is -0.118. The van der Waals surface area contributed by atoms with Crippen molar-refractivity contribution in [1.29, 1.82) is 0 Å². The van der Waals surface area contributed by atoms with E-state index in [1.807, 2.05) is 0 Å². The lowest BCUT2D eigenvalue weighted by atomic mass is 9.77. The lowest BCUT2D eigenvalue weighted by Crippen LogP contribution is -2.41. The number of amides is 2. The number of nitrogens with two attached hydrogens (primary N) is 1. The summed E-state index contributed by atoms with van der Waals surface area (Å²) in [7, 11) is 0. The molecule has 1 aliphatic heterocycles. The second kappa shape index (κ2) is 7.55. The van der Waals surface area contributed by atoms with Crippen LogP contribution in [0.4, 0.5) is 13.6 Å². The number of nitrogens with zero attached hydrogens (tertiary/aromatic N) is 2. The van der Waals surface area contributed by atoms with Crippen molar-refractivity contribution in [2.75, 3.05) is 6.54 Å². The number of benzene rings is 2. The molecule has 2 amide bonds. The number of aromatic nitrogens is 1. The Hall–Kier alpha value is -3.81. The molecule has 0 saturated carbocycles. The number of primary amides is 1. The zero-order valence-electron chi connectivity index (χ0n) is 15.7. The van der Waals surface area contributed by atoms with E-state index in [1.165, 1.54) is 53.4 Å². The Morgan fingerprint density at radius 2 is 1.60 bits per heavy atom. The van der Waals surface area contributed by atoms with Crippen molar-refractivity contribution in [1.82, 2.24) is 9.88 Å². The molecule has 1 fully saturated rings. The molecule has 3 aromatic rings. The summed E-state index contributed by atoms with van der Waals surface area (Å²) in [6.07, 6.45) is 2.33. The van der Waals surface area contributed by atoms with Gasteiger partial charge < -0.3 is 10.5 Å². The normalized spacial score (nSPS) is 17.6. The average molecular weight is 409 g/mol. The van der Waals surface area contributed by atoms with Crippen molar-refractivity contribution in [2.24, 2.45) is 5.73 Å². The minimum Gasteiger partial charge on any atom is -0.430 e. The average Bonchev–Trinajstić information content (AvgIpc) is 3.02. The van der Waals surface area contributed by atoms with Gasteiger partial charge in [-0.2, -0.15) is 0 Å². The van der Waals surface area contributed by atoms with Crippen molar-refractivity contribution in [2.45, 2.75) is 11.6 Å².